The van der Waals surface area contributed by atoms with Crippen LogP contribution in [0.3, 0.4) is 0 Å². The van der Waals surface area contributed by atoms with Crippen molar-refractivity contribution >= 4 is 5.91 Å². The molecule has 5 heteroatoms. The molecule has 94 valence electrons. The molecule has 17 heavy (non-hydrogen) atoms. The third kappa shape index (κ3) is 3.71. The second kappa shape index (κ2) is 6.20. The quantitative estimate of drug-likeness (QED) is 0.817. The van der Waals surface area contributed by atoms with Crippen LogP contribution in [0, 0.1) is 5.82 Å². The van der Waals surface area contributed by atoms with Crippen LogP contribution >= 0.6 is 0 Å². The van der Waals surface area contributed by atoms with Crippen LogP contribution in [0.25, 0.3) is 0 Å². The monoisotopic (exact) mass is 241 g/mol. The Hall–Kier alpha value is -1.62. The molecule has 0 aliphatic carbocycles. The van der Waals surface area contributed by atoms with E-state index in [1.807, 2.05) is 0 Å². The molecule has 1 aromatic rings. The van der Waals surface area contributed by atoms with Gasteiger partial charge in [-0.2, -0.15) is 0 Å². The van der Waals surface area contributed by atoms with E-state index < -0.39 is 5.82 Å². The summed E-state index contributed by atoms with van der Waals surface area (Å²) in [6.45, 7) is 1.77. The van der Waals surface area contributed by atoms with Crippen LogP contribution in [0.4, 0.5) is 4.39 Å². The van der Waals surface area contributed by atoms with Crippen molar-refractivity contribution < 1.29 is 19.0 Å². The molecular weight excluding hydrogens is 225 g/mol. The Kier molecular flexibility index (Phi) is 4.90. The van der Waals surface area contributed by atoms with E-state index in [-0.39, 0.29) is 29.9 Å². The highest BCUT2D eigenvalue weighted by molar-refractivity contribution is 5.94. The van der Waals surface area contributed by atoms with Crippen LogP contribution in [-0.2, 0) is 0 Å². The zero-order chi connectivity index (χ0) is 12.8. The summed E-state index contributed by atoms with van der Waals surface area (Å²) in [5.74, 6) is -0.840. The molecular formula is C12H16FNO3. The summed E-state index contributed by atoms with van der Waals surface area (Å²) in [7, 11) is 1.36. The van der Waals surface area contributed by atoms with E-state index >= 15 is 0 Å². The lowest BCUT2D eigenvalue weighted by Gasteiger charge is -2.12. The molecule has 0 fully saturated rings. The highest BCUT2D eigenvalue weighted by Crippen LogP contribution is 2.17. The number of aliphatic hydroxyl groups excluding tert-OH is 1. The summed E-state index contributed by atoms with van der Waals surface area (Å²) < 4.78 is 18.1. The van der Waals surface area contributed by atoms with Crippen molar-refractivity contribution in [2.24, 2.45) is 0 Å². The fraction of sp³-hybridized carbons (Fsp3) is 0.417. The van der Waals surface area contributed by atoms with Crippen molar-refractivity contribution in [3.63, 3.8) is 0 Å². The number of rotatable bonds is 5. The fourth-order valence-electron chi connectivity index (χ4n) is 1.38. The number of benzene rings is 1. The first kappa shape index (κ1) is 13.4. The molecule has 4 nitrogen and oxygen atoms in total. The van der Waals surface area contributed by atoms with Crippen molar-refractivity contribution in [1.29, 1.82) is 0 Å². The van der Waals surface area contributed by atoms with Crippen molar-refractivity contribution in [3.05, 3.63) is 29.6 Å². The second-order valence-electron chi connectivity index (χ2n) is 3.74. The van der Waals surface area contributed by atoms with Crippen LogP contribution in [0.2, 0.25) is 0 Å². The van der Waals surface area contributed by atoms with Crippen LogP contribution < -0.4 is 10.1 Å². The number of carbonyl (C=O) groups excluding carboxylic acids is 1. The number of methoxy groups -OCH3 is 1. The van der Waals surface area contributed by atoms with E-state index in [0.717, 1.165) is 6.07 Å². The molecule has 0 aromatic heterocycles. The van der Waals surface area contributed by atoms with Gasteiger partial charge in [0.25, 0.3) is 5.91 Å². The summed E-state index contributed by atoms with van der Waals surface area (Å²) >= 11 is 0. The molecule has 1 aromatic carbocycles. The average molecular weight is 241 g/mol. The van der Waals surface area contributed by atoms with Crippen molar-refractivity contribution in [2.75, 3.05) is 13.7 Å². The third-order valence-electron chi connectivity index (χ3n) is 2.35. The Labute approximate surface area is 99.4 Å². The predicted molar refractivity (Wildman–Crippen MR) is 61.6 cm³/mol. The summed E-state index contributed by atoms with van der Waals surface area (Å²) in [6.07, 6.45) is 0.463. The first-order chi connectivity index (χ1) is 8.08. The lowest BCUT2D eigenvalue weighted by molar-refractivity contribution is 0.0934. The van der Waals surface area contributed by atoms with Gasteiger partial charge in [0.2, 0.25) is 0 Å². The second-order valence-corrected chi connectivity index (χ2v) is 3.74. The lowest BCUT2D eigenvalue weighted by Crippen LogP contribution is -2.33. The van der Waals surface area contributed by atoms with Crippen LogP contribution in [0.5, 0.6) is 5.75 Å². The largest absolute Gasteiger partial charge is 0.494 e. The lowest BCUT2D eigenvalue weighted by atomic mass is 10.1. The van der Waals surface area contributed by atoms with E-state index in [4.69, 9.17) is 9.84 Å². The summed E-state index contributed by atoms with van der Waals surface area (Å²) in [5, 5.41) is 11.4. The van der Waals surface area contributed by atoms with Crippen molar-refractivity contribution in [1.82, 2.24) is 5.32 Å². The number of carbonyl (C=O) groups is 1. The highest BCUT2D eigenvalue weighted by atomic mass is 19.1. The van der Waals surface area contributed by atoms with Gasteiger partial charge in [0.05, 0.1) is 7.11 Å². The number of hydrogen-bond acceptors (Lipinski definition) is 3. The van der Waals surface area contributed by atoms with E-state index in [9.17, 15) is 9.18 Å². The Bertz CT molecular complexity index is 395. The van der Waals surface area contributed by atoms with E-state index in [0.29, 0.717) is 6.42 Å². The van der Waals surface area contributed by atoms with Gasteiger partial charge < -0.3 is 15.2 Å². The zero-order valence-corrected chi connectivity index (χ0v) is 9.87. The van der Waals surface area contributed by atoms with E-state index in [2.05, 4.69) is 5.32 Å². The van der Waals surface area contributed by atoms with Gasteiger partial charge in [-0.15, -0.1) is 0 Å². The highest BCUT2D eigenvalue weighted by Gasteiger charge is 2.12. The molecule has 0 aliphatic rings. The Morgan fingerprint density at radius 1 is 1.59 bits per heavy atom. The molecule has 1 unspecified atom stereocenters. The average Bonchev–Trinajstić information content (AvgIpc) is 2.29. The van der Waals surface area contributed by atoms with Crippen molar-refractivity contribution in [2.45, 2.75) is 19.4 Å². The van der Waals surface area contributed by atoms with Crippen LogP contribution in [-0.4, -0.2) is 30.8 Å². The molecule has 0 spiro atoms. The van der Waals surface area contributed by atoms with Crippen molar-refractivity contribution in [3.8, 4) is 5.75 Å². The molecule has 0 radical (unpaired) electrons. The molecule has 0 aliphatic heterocycles. The van der Waals surface area contributed by atoms with Gasteiger partial charge in [-0.25, -0.2) is 4.39 Å². The van der Waals surface area contributed by atoms with Gasteiger partial charge in [-0.1, -0.05) is 0 Å². The smallest absolute Gasteiger partial charge is 0.251 e. The first-order valence-electron chi connectivity index (χ1n) is 5.33. The fourth-order valence-corrected chi connectivity index (χ4v) is 1.38. The topological polar surface area (TPSA) is 58.6 Å². The Balaban J connectivity index is 2.72. The molecule has 1 rings (SSSR count). The van der Waals surface area contributed by atoms with Gasteiger partial charge in [0.1, 0.15) is 0 Å². The summed E-state index contributed by atoms with van der Waals surface area (Å²) in [4.78, 5) is 11.7. The molecule has 0 saturated carbocycles. The van der Waals surface area contributed by atoms with Gasteiger partial charge in [-0.3, -0.25) is 4.79 Å². The Morgan fingerprint density at radius 2 is 2.29 bits per heavy atom. The normalized spacial score (nSPS) is 12.0. The number of halogens is 1. The molecule has 0 bridgehead atoms. The maximum atomic E-state index is 13.4. The number of aliphatic hydroxyl groups is 1. The summed E-state index contributed by atoms with van der Waals surface area (Å²) in [5.41, 5.74) is 0.230. The molecule has 1 amide bonds. The zero-order valence-electron chi connectivity index (χ0n) is 9.87. The number of nitrogens with one attached hydrogen (secondary N) is 1. The SMILES string of the molecule is COc1ccc(C(=O)NC(C)CCO)cc1F. The van der Waals surface area contributed by atoms with E-state index in [1.54, 1.807) is 6.92 Å². The van der Waals surface area contributed by atoms with Gasteiger partial charge in [-0.05, 0) is 31.5 Å². The van der Waals surface area contributed by atoms with E-state index in [1.165, 1.54) is 19.2 Å². The minimum atomic E-state index is -0.574. The first-order valence-corrected chi connectivity index (χ1v) is 5.33. The molecule has 0 heterocycles. The third-order valence-corrected chi connectivity index (χ3v) is 2.35. The Morgan fingerprint density at radius 3 is 2.82 bits per heavy atom. The van der Waals surface area contributed by atoms with Gasteiger partial charge in [0.15, 0.2) is 11.6 Å². The number of ether oxygens (including phenoxy) is 1. The molecule has 0 saturated heterocycles. The molecule has 1 atom stereocenters. The maximum Gasteiger partial charge on any atom is 0.251 e. The standard InChI is InChI=1S/C12H16FNO3/c1-8(5-6-15)14-12(16)9-3-4-11(17-2)10(13)7-9/h3-4,7-8,15H,5-6H2,1-2H3,(H,14,16). The number of amides is 1. The van der Waals surface area contributed by atoms with Crippen LogP contribution in [0.1, 0.15) is 23.7 Å². The van der Waals surface area contributed by atoms with Gasteiger partial charge in [0, 0.05) is 18.2 Å². The predicted octanol–water partition coefficient (Wildman–Crippen LogP) is 1.33. The minimum Gasteiger partial charge on any atom is -0.494 e. The summed E-state index contributed by atoms with van der Waals surface area (Å²) in [6, 6.07) is 3.86. The molecule has 2 N–H and O–H groups in total. The van der Waals surface area contributed by atoms with Crippen LogP contribution in [0.15, 0.2) is 18.2 Å². The number of hydrogen-bond donors (Lipinski definition) is 2. The maximum absolute atomic E-state index is 13.4. The minimum absolute atomic E-state index is 0.00157. The van der Waals surface area contributed by atoms with Gasteiger partial charge >= 0.3 is 0 Å².